The molecule has 0 spiro atoms. The van der Waals surface area contributed by atoms with Crippen LogP contribution in [0.15, 0.2) is 24.4 Å². The Labute approximate surface area is 101 Å². The second-order valence-corrected chi connectivity index (χ2v) is 5.51. The maximum atomic E-state index is 6.17. The molecule has 0 radical (unpaired) electrons. The molecule has 1 aromatic heterocycles. The molecule has 2 nitrogen and oxygen atoms in total. The first-order chi connectivity index (χ1) is 7.37. The zero-order valence-electron chi connectivity index (χ0n) is 9.92. The van der Waals surface area contributed by atoms with E-state index in [1.165, 1.54) is 5.56 Å². The molecule has 2 aromatic rings. The summed E-state index contributed by atoms with van der Waals surface area (Å²) in [5.41, 5.74) is 8.22. The van der Waals surface area contributed by atoms with Gasteiger partial charge in [0.25, 0.3) is 0 Å². The maximum absolute atomic E-state index is 6.17. The van der Waals surface area contributed by atoms with Crippen LogP contribution in [-0.2, 0) is 13.5 Å². The van der Waals surface area contributed by atoms with Gasteiger partial charge in [-0.15, -0.1) is 0 Å². The lowest BCUT2D eigenvalue weighted by Crippen LogP contribution is -2.34. The summed E-state index contributed by atoms with van der Waals surface area (Å²) >= 11 is 6.17. The lowest BCUT2D eigenvalue weighted by Gasteiger charge is -2.18. The highest BCUT2D eigenvalue weighted by atomic mass is 35.5. The third-order valence-electron chi connectivity index (χ3n) is 2.66. The Hall–Kier alpha value is -0.990. The standard InChI is InChI=1S/C13H17ClN2/c1-13(2,15)7-9-4-5-12-10(6-9)11(14)8-16(12)3/h4-6,8H,7,15H2,1-3H3. The van der Waals surface area contributed by atoms with Crippen LogP contribution in [0.4, 0.5) is 0 Å². The van der Waals surface area contributed by atoms with Gasteiger partial charge in [-0.25, -0.2) is 0 Å². The van der Waals surface area contributed by atoms with Gasteiger partial charge in [-0.1, -0.05) is 17.7 Å². The molecular formula is C13H17ClN2. The van der Waals surface area contributed by atoms with Crippen LogP contribution in [0.25, 0.3) is 10.9 Å². The largest absolute Gasteiger partial charge is 0.349 e. The molecule has 2 N–H and O–H groups in total. The summed E-state index contributed by atoms with van der Waals surface area (Å²) < 4.78 is 2.04. The van der Waals surface area contributed by atoms with Crippen LogP contribution in [0.3, 0.4) is 0 Å². The van der Waals surface area contributed by atoms with Gasteiger partial charge in [0.05, 0.1) is 5.02 Å². The Morgan fingerprint density at radius 1 is 1.38 bits per heavy atom. The average molecular weight is 237 g/mol. The van der Waals surface area contributed by atoms with Crippen molar-refractivity contribution < 1.29 is 0 Å². The highest BCUT2D eigenvalue weighted by Gasteiger charge is 2.13. The van der Waals surface area contributed by atoms with Gasteiger partial charge in [-0.05, 0) is 38.0 Å². The fraction of sp³-hybridized carbons (Fsp3) is 0.385. The fourth-order valence-corrected chi connectivity index (χ4v) is 2.32. The number of aryl methyl sites for hydroxylation is 1. The first kappa shape index (κ1) is 11.5. The summed E-state index contributed by atoms with van der Waals surface area (Å²) in [6.07, 6.45) is 2.79. The molecule has 3 heteroatoms. The molecule has 0 amide bonds. The molecule has 0 bridgehead atoms. The van der Waals surface area contributed by atoms with Crippen LogP contribution in [0.2, 0.25) is 5.02 Å². The number of rotatable bonds is 2. The highest BCUT2D eigenvalue weighted by molar-refractivity contribution is 6.35. The van der Waals surface area contributed by atoms with Crippen molar-refractivity contribution in [3.05, 3.63) is 35.0 Å². The molecule has 0 saturated heterocycles. The van der Waals surface area contributed by atoms with Crippen molar-refractivity contribution in [2.24, 2.45) is 12.8 Å². The highest BCUT2D eigenvalue weighted by Crippen LogP contribution is 2.26. The Morgan fingerprint density at radius 3 is 2.69 bits per heavy atom. The smallest absolute Gasteiger partial charge is 0.0661 e. The van der Waals surface area contributed by atoms with Gasteiger partial charge in [0, 0.05) is 29.7 Å². The number of fused-ring (bicyclic) bond motifs is 1. The van der Waals surface area contributed by atoms with E-state index in [0.717, 1.165) is 22.3 Å². The van der Waals surface area contributed by atoms with Gasteiger partial charge in [0.1, 0.15) is 0 Å². The summed E-state index contributed by atoms with van der Waals surface area (Å²) in [6, 6.07) is 6.35. The van der Waals surface area contributed by atoms with E-state index in [0.29, 0.717) is 0 Å². The summed E-state index contributed by atoms with van der Waals surface area (Å²) in [7, 11) is 2.00. The molecule has 0 aliphatic rings. The minimum absolute atomic E-state index is 0.186. The van der Waals surface area contributed by atoms with Crippen molar-refractivity contribution in [2.45, 2.75) is 25.8 Å². The number of hydrogen-bond donors (Lipinski definition) is 1. The van der Waals surface area contributed by atoms with Crippen molar-refractivity contribution in [3.8, 4) is 0 Å². The van der Waals surface area contributed by atoms with E-state index < -0.39 is 0 Å². The van der Waals surface area contributed by atoms with Crippen LogP contribution in [-0.4, -0.2) is 10.1 Å². The van der Waals surface area contributed by atoms with Crippen LogP contribution in [0, 0.1) is 0 Å². The molecule has 86 valence electrons. The van der Waals surface area contributed by atoms with E-state index >= 15 is 0 Å². The molecule has 2 rings (SSSR count). The molecule has 1 aromatic carbocycles. The van der Waals surface area contributed by atoms with Crippen molar-refractivity contribution in [2.75, 3.05) is 0 Å². The summed E-state index contributed by atoms with van der Waals surface area (Å²) in [5, 5.41) is 1.90. The van der Waals surface area contributed by atoms with Gasteiger partial charge in [-0.2, -0.15) is 0 Å². The molecule has 1 heterocycles. The van der Waals surface area contributed by atoms with E-state index in [9.17, 15) is 0 Å². The molecule has 0 fully saturated rings. The second kappa shape index (κ2) is 3.79. The van der Waals surface area contributed by atoms with E-state index in [1.807, 2.05) is 31.7 Å². The van der Waals surface area contributed by atoms with Gasteiger partial charge in [-0.3, -0.25) is 0 Å². The zero-order valence-corrected chi connectivity index (χ0v) is 10.7. The molecule has 0 aliphatic carbocycles. The predicted octanol–water partition coefficient (Wildman–Crippen LogP) is 3.11. The fourth-order valence-electron chi connectivity index (χ4n) is 2.03. The number of aromatic nitrogens is 1. The number of nitrogens with zero attached hydrogens (tertiary/aromatic N) is 1. The maximum Gasteiger partial charge on any atom is 0.0661 e. The van der Waals surface area contributed by atoms with Gasteiger partial charge in [0.15, 0.2) is 0 Å². The molecule has 0 aliphatic heterocycles. The van der Waals surface area contributed by atoms with E-state index in [-0.39, 0.29) is 5.54 Å². The number of halogens is 1. The van der Waals surface area contributed by atoms with E-state index in [1.54, 1.807) is 0 Å². The molecule has 0 unspecified atom stereocenters. The summed E-state index contributed by atoms with van der Waals surface area (Å²) in [6.45, 7) is 4.06. The summed E-state index contributed by atoms with van der Waals surface area (Å²) in [4.78, 5) is 0. The van der Waals surface area contributed by atoms with Gasteiger partial charge < -0.3 is 10.3 Å². The van der Waals surface area contributed by atoms with Crippen LogP contribution in [0.5, 0.6) is 0 Å². The Bertz CT molecular complexity index is 520. The monoisotopic (exact) mass is 236 g/mol. The minimum Gasteiger partial charge on any atom is -0.349 e. The quantitative estimate of drug-likeness (QED) is 0.854. The third kappa shape index (κ3) is 2.23. The first-order valence-electron chi connectivity index (χ1n) is 5.39. The van der Waals surface area contributed by atoms with Crippen molar-refractivity contribution in [1.82, 2.24) is 4.57 Å². The first-order valence-corrected chi connectivity index (χ1v) is 5.77. The minimum atomic E-state index is -0.186. The SMILES string of the molecule is Cn1cc(Cl)c2cc(CC(C)(C)N)ccc21. The number of nitrogens with two attached hydrogens (primary N) is 1. The van der Waals surface area contributed by atoms with Crippen LogP contribution < -0.4 is 5.73 Å². The van der Waals surface area contributed by atoms with Crippen molar-refractivity contribution in [3.63, 3.8) is 0 Å². The lowest BCUT2D eigenvalue weighted by molar-refractivity contribution is 0.517. The van der Waals surface area contributed by atoms with Crippen LogP contribution >= 0.6 is 11.6 Å². The molecule has 0 saturated carbocycles. The average Bonchev–Trinajstić information content (AvgIpc) is 2.40. The molecule has 0 atom stereocenters. The molecule has 16 heavy (non-hydrogen) atoms. The Kier molecular flexibility index (Phi) is 2.72. The number of benzene rings is 1. The summed E-state index contributed by atoms with van der Waals surface area (Å²) in [5.74, 6) is 0. The predicted molar refractivity (Wildman–Crippen MR) is 69.9 cm³/mol. The van der Waals surface area contributed by atoms with E-state index in [4.69, 9.17) is 17.3 Å². The topological polar surface area (TPSA) is 30.9 Å². The Balaban J connectivity index is 2.48. The molecular weight excluding hydrogens is 220 g/mol. The van der Waals surface area contributed by atoms with Crippen molar-refractivity contribution in [1.29, 1.82) is 0 Å². The van der Waals surface area contributed by atoms with Gasteiger partial charge >= 0.3 is 0 Å². The number of hydrogen-bond acceptors (Lipinski definition) is 1. The third-order valence-corrected chi connectivity index (χ3v) is 2.97. The zero-order chi connectivity index (χ0) is 11.9. The Morgan fingerprint density at radius 2 is 2.06 bits per heavy atom. The van der Waals surface area contributed by atoms with Crippen molar-refractivity contribution >= 4 is 22.5 Å². The second-order valence-electron chi connectivity index (χ2n) is 5.10. The van der Waals surface area contributed by atoms with Crippen LogP contribution in [0.1, 0.15) is 19.4 Å². The normalized spacial score (nSPS) is 12.3. The van der Waals surface area contributed by atoms with E-state index in [2.05, 4.69) is 18.2 Å². The van der Waals surface area contributed by atoms with Gasteiger partial charge in [0.2, 0.25) is 0 Å². The lowest BCUT2D eigenvalue weighted by atomic mass is 9.95.